The van der Waals surface area contributed by atoms with E-state index < -0.39 is 0 Å². The fraction of sp³-hybridized carbons (Fsp3) is 0.556. The van der Waals surface area contributed by atoms with Crippen molar-refractivity contribution in [2.24, 2.45) is 15.7 Å². The van der Waals surface area contributed by atoms with E-state index in [0.717, 1.165) is 59.2 Å². The highest BCUT2D eigenvalue weighted by Crippen LogP contribution is 2.40. The Morgan fingerprint density at radius 1 is 1.50 bits per heavy atom. The van der Waals surface area contributed by atoms with Crippen LogP contribution in [0.5, 0.6) is 0 Å². The molecule has 0 bridgehead atoms. The van der Waals surface area contributed by atoms with Gasteiger partial charge >= 0.3 is 0 Å². The zero-order valence-corrected chi connectivity index (χ0v) is 16.1. The van der Waals surface area contributed by atoms with Gasteiger partial charge in [-0.25, -0.2) is 0 Å². The molecule has 2 unspecified atom stereocenters. The molecule has 132 valence electrons. The molecule has 0 aromatic carbocycles. The maximum atomic E-state index is 6.15. The lowest BCUT2D eigenvalue weighted by atomic mass is 10.0. The van der Waals surface area contributed by atoms with Gasteiger partial charge in [0, 0.05) is 29.2 Å². The zero-order valence-electron chi connectivity index (χ0n) is 14.5. The molecule has 1 aliphatic heterocycles. The molecule has 0 aromatic rings. The van der Waals surface area contributed by atoms with Gasteiger partial charge in [0.25, 0.3) is 0 Å². The lowest BCUT2D eigenvalue weighted by Gasteiger charge is -2.15. The molecule has 1 aliphatic carbocycles. The molecule has 2 aliphatic rings. The molecule has 0 aromatic heterocycles. The van der Waals surface area contributed by atoms with Crippen LogP contribution in [-0.2, 0) is 0 Å². The minimum Gasteiger partial charge on any atom is -0.382 e. The highest BCUT2D eigenvalue weighted by molar-refractivity contribution is 8.15. The first-order valence-corrected chi connectivity index (χ1v) is 10.2. The van der Waals surface area contributed by atoms with Crippen LogP contribution in [0.15, 0.2) is 46.6 Å². The first-order valence-electron chi connectivity index (χ1n) is 8.15. The van der Waals surface area contributed by atoms with Gasteiger partial charge in [-0.3, -0.25) is 9.98 Å². The fourth-order valence-corrected chi connectivity index (χ4v) is 4.76. The Labute approximate surface area is 154 Å². The fourth-order valence-electron chi connectivity index (χ4n) is 2.32. The number of hydrogen-bond acceptors (Lipinski definition) is 6. The highest BCUT2D eigenvalue weighted by Gasteiger charge is 2.40. The number of allylic oxidation sites excluding steroid dienone is 1. The van der Waals surface area contributed by atoms with Crippen molar-refractivity contribution in [3.63, 3.8) is 0 Å². The average molecular weight is 365 g/mol. The van der Waals surface area contributed by atoms with Crippen LogP contribution in [0.4, 0.5) is 0 Å². The van der Waals surface area contributed by atoms with Gasteiger partial charge in [0.15, 0.2) is 0 Å². The van der Waals surface area contributed by atoms with E-state index in [9.17, 15) is 0 Å². The lowest BCUT2D eigenvalue weighted by Crippen LogP contribution is -2.26. The number of nitrogens with two attached hydrogens (primary N) is 1. The minimum atomic E-state index is -0.134. The van der Waals surface area contributed by atoms with Crippen LogP contribution in [-0.4, -0.2) is 46.8 Å². The van der Waals surface area contributed by atoms with Crippen LogP contribution in [0.1, 0.15) is 26.2 Å². The predicted molar refractivity (Wildman–Crippen MR) is 111 cm³/mol. The molecular weight excluding hydrogens is 336 g/mol. The molecule has 1 fully saturated rings. The largest absolute Gasteiger partial charge is 0.382 e. The quantitative estimate of drug-likeness (QED) is 0.436. The minimum absolute atomic E-state index is 0.120. The molecule has 0 spiro atoms. The topological polar surface area (TPSA) is 62.8 Å². The summed E-state index contributed by atoms with van der Waals surface area (Å²) in [6.45, 7) is 18.5. The van der Waals surface area contributed by atoms with Crippen LogP contribution >= 0.6 is 23.5 Å². The summed E-state index contributed by atoms with van der Waals surface area (Å²) in [7, 11) is 0. The molecule has 6 heteroatoms. The Morgan fingerprint density at radius 2 is 2.21 bits per heavy atom. The van der Waals surface area contributed by atoms with Crippen LogP contribution in [0, 0.1) is 0 Å². The van der Waals surface area contributed by atoms with Gasteiger partial charge < -0.3 is 11.1 Å². The van der Waals surface area contributed by atoms with Crippen LogP contribution in [0.3, 0.4) is 0 Å². The molecule has 0 radical (unpaired) electrons. The van der Waals surface area contributed by atoms with Gasteiger partial charge in [0.2, 0.25) is 0 Å². The molecule has 0 saturated heterocycles. The van der Waals surface area contributed by atoms with Crippen molar-refractivity contribution in [3.8, 4) is 0 Å². The Hall–Kier alpha value is -0.980. The number of nitrogens with zero attached hydrogens (tertiary/aromatic N) is 2. The van der Waals surface area contributed by atoms with Crippen molar-refractivity contribution in [2.75, 3.05) is 18.1 Å². The van der Waals surface area contributed by atoms with E-state index in [2.05, 4.69) is 36.8 Å². The van der Waals surface area contributed by atoms with Gasteiger partial charge in [-0.15, -0.1) is 23.5 Å². The second-order valence-electron chi connectivity index (χ2n) is 6.56. The van der Waals surface area contributed by atoms with Crippen molar-refractivity contribution < 1.29 is 0 Å². The summed E-state index contributed by atoms with van der Waals surface area (Å²) >= 11 is 3.63. The van der Waals surface area contributed by atoms with Crippen molar-refractivity contribution >= 4 is 35.3 Å². The van der Waals surface area contributed by atoms with E-state index in [1.807, 2.05) is 18.7 Å². The van der Waals surface area contributed by atoms with E-state index >= 15 is 0 Å². The molecule has 24 heavy (non-hydrogen) atoms. The smallest absolute Gasteiger partial charge is 0.106 e. The first-order chi connectivity index (χ1) is 11.3. The summed E-state index contributed by atoms with van der Waals surface area (Å²) in [5.74, 6) is 1.90. The third kappa shape index (κ3) is 5.53. The van der Waals surface area contributed by atoms with E-state index in [0.29, 0.717) is 0 Å². The van der Waals surface area contributed by atoms with Crippen LogP contribution < -0.4 is 11.1 Å². The maximum Gasteiger partial charge on any atom is 0.106 e. The predicted octanol–water partition coefficient (Wildman–Crippen LogP) is 3.38. The van der Waals surface area contributed by atoms with E-state index in [1.165, 1.54) is 0 Å². The van der Waals surface area contributed by atoms with Gasteiger partial charge in [-0.2, -0.15) is 0 Å². The van der Waals surface area contributed by atoms with Crippen molar-refractivity contribution in [1.82, 2.24) is 5.32 Å². The van der Waals surface area contributed by atoms with Gasteiger partial charge in [0.05, 0.1) is 17.6 Å². The summed E-state index contributed by atoms with van der Waals surface area (Å²) < 4.78 is 0. The molecule has 1 saturated carbocycles. The standard InChI is InChI=1S/C18H28N4S2/c1-12(2)15(20-5)10-23-17-11-24-16(22-17)9-21-14(4)8-13(3)18(19)6-7-18/h15,17,21H,1,3-11,19H2,2H3. The van der Waals surface area contributed by atoms with E-state index in [-0.39, 0.29) is 17.0 Å². The average Bonchev–Trinajstić information content (AvgIpc) is 3.12. The second kappa shape index (κ2) is 8.41. The molecule has 4 nitrogen and oxygen atoms in total. The molecule has 2 atom stereocenters. The Balaban J connectivity index is 1.69. The maximum absolute atomic E-state index is 6.15. The zero-order chi connectivity index (χ0) is 17.7. The van der Waals surface area contributed by atoms with Crippen molar-refractivity contribution in [3.05, 3.63) is 36.6 Å². The molecular formula is C18H28N4S2. The second-order valence-corrected chi connectivity index (χ2v) is 8.86. The van der Waals surface area contributed by atoms with Gasteiger partial charge in [-0.05, 0) is 26.5 Å². The Morgan fingerprint density at radius 3 is 2.79 bits per heavy atom. The van der Waals surface area contributed by atoms with Crippen molar-refractivity contribution in [1.29, 1.82) is 0 Å². The number of rotatable bonds is 11. The summed E-state index contributed by atoms with van der Waals surface area (Å²) in [5.41, 5.74) is 9.12. The van der Waals surface area contributed by atoms with Gasteiger partial charge in [0.1, 0.15) is 5.37 Å². The third-order valence-corrected chi connectivity index (χ3v) is 6.77. The summed E-state index contributed by atoms with van der Waals surface area (Å²) in [4.78, 5) is 8.88. The first kappa shape index (κ1) is 19.3. The SMILES string of the molecule is C=NC(CSC1CSC(CNC(=C)CC(=C)C2(N)CC2)=N1)C(=C)C. The monoisotopic (exact) mass is 364 g/mol. The van der Waals surface area contributed by atoms with E-state index in [4.69, 9.17) is 10.7 Å². The third-order valence-electron chi connectivity index (χ3n) is 4.33. The molecule has 0 amide bonds. The van der Waals surface area contributed by atoms with E-state index in [1.54, 1.807) is 11.8 Å². The number of hydrogen-bond donors (Lipinski definition) is 2. The Bertz CT molecular complexity index is 563. The summed E-state index contributed by atoms with van der Waals surface area (Å²) in [6, 6.07) is 0.120. The van der Waals surface area contributed by atoms with Crippen LogP contribution in [0.25, 0.3) is 0 Å². The number of nitrogens with one attached hydrogen (secondary N) is 1. The Kier molecular flexibility index (Phi) is 6.78. The molecule has 1 heterocycles. The van der Waals surface area contributed by atoms with Gasteiger partial charge in [-0.1, -0.05) is 30.9 Å². The van der Waals surface area contributed by atoms with Crippen molar-refractivity contribution in [2.45, 2.75) is 43.1 Å². The summed E-state index contributed by atoms with van der Waals surface area (Å²) in [5, 5.41) is 4.78. The number of aliphatic imine (C=N–C) groups is 2. The highest BCUT2D eigenvalue weighted by atomic mass is 32.2. The number of thioether (sulfide) groups is 2. The normalized spacial score (nSPS) is 22.4. The summed E-state index contributed by atoms with van der Waals surface area (Å²) in [6.07, 6.45) is 2.84. The van der Waals surface area contributed by atoms with Crippen LogP contribution in [0.2, 0.25) is 0 Å². The lowest BCUT2D eigenvalue weighted by molar-refractivity contribution is 0.743. The molecule has 2 rings (SSSR count). The molecule has 3 N–H and O–H groups in total.